The van der Waals surface area contributed by atoms with Crippen molar-refractivity contribution in [1.29, 1.82) is 0 Å². The van der Waals surface area contributed by atoms with Crippen LogP contribution in [0.3, 0.4) is 0 Å². The Morgan fingerprint density at radius 3 is 2.23 bits per heavy atom. The molecule has 4 nitrogen and oxygen atoms in total. The van der Waals surface area contributed by atoms with E-state index in [1.807, 2.05) is 0 Å². The Balaban J connectivity index is 2.85. The second kappa shape index (κ2) is 2.99. The van der Waals surface area contributed by atoms with Crippen molar-refractivity contribution >= 4 is 11.8 Å². The van der Waals surface area contributed by atoms with Gasteiger partial charge in [-0.05, 0) is 0 Å². The molecule has 0 aromatic heterocycles. The molecule has 1 aliphatic heterocycles. The van der Waals surface area contributed by atoms with Crippen molar-refractivity contribution in [3.8, 4) is 0 Å². The van der Waals surface area contributed by atoms with Crippen LogP contribution < -0.4 is 5.43 Å². The van der Waals surface area contributed by atoms with Crippen molar-refractivity contribution in [2.45, 2.75) is 12.6 Å². The average Bonchev–Trinajstić information content (AvgIpc) is 2.25. The summed E-state index contributed by atoms with van der Waals surface area (Å²) in [7, 11) is 1.22. The van der Waals surface area contributed by atoms with E-state index in [4.69, 9.17) is 0 Å². The van der Waals surface area contributed by atoms with Gasteiger partial charge in [0.15, 0.2) is 0 Å². The normalized spacial score (nSPS) is 24.3. The molecular formula is C6H7F3N2O2. The fraction of sp³-hybridized carbons (Fsp3) is 0.667. The van der Waals surface area contributed by atoms with Gasteiger partial charge in [0.2, 0.25) is 5.91 Å². The zero-order chi connectivity index (χ0) is 10.2. The smallest absolute Gasteiger partial charge is 0.273 e. The van der Waals surface area contributed by atoms with Crippen LogP contribution in [-0.2, 0) is 9.59 Å². The predicted octanol–water partition coefficient (Wildman–Crippen LogP) is 0.0582. The molecule has 0 saturated carbocycles. The molecule has 1 unspecified atom stereocenters. The summed E-state index contributed by atoms with van der Waals surface area (Å²) in [6, 6.07) is 0. The Morgan fingerprint density at radius 1 is 1.46 bits per heavy atom. The highest BCUT2D eigenvalue weighted by molar-refractivity contribution is 6.03. The van der Waals surface area contributed by atoms with Gasteiger partial charge in [-0.15, -0.1) is 0 Å². The second-order valence-electron chi connectivity index (χ2n) is 2.59. The van der Waals surface area contributed by atoms with Gasteiger partial charge in [-0.25, -0.2) is 10.4 Å². The third-order valence-corrected chi connectivity index (χ3v) is 1.77. The van der Waals surface area contributed by atoms with Gasteiger partial charge in [-0.3, -0.25) is 9.59 Å². The monoisotopic (exact) mass is 196 g/mol. The van der Waals surface area contributed by atoms with E-state index in [2.05, 4.69) is 5.43 Å². The molecule has 1 fully saturated rings. The molecule has 0 bridgehead atoms. The highest BCUT2D eigenvalue weighted by atomic mass is 19.4. The lowest BCUT2D eigenvalue weighted by Gasteiger charge is -2.14. The fourth-order valence-electron chi connectivity index (χ4n) is 1.12. The second-order valence-corrected chi connectivity index (χ2v) is 2.59. The SMILES string of the molecule is CNN1C(=O)CC(C(F)(F)F)C1=O. The van der Waals surface area contributed by atoms with Crippen LogP contribution in [0.1, 0.15) is 6.42 Å². The number of halogens is 3. The third kappa shape index (κ3) is 1.64. The molecule has 2 amide bonds. The number of imide groups is 1. The number of hydrogen-bond donors (Lipinski definition) is 1. The summed E-state index contributed by atoms with van der Waals surface area (Å²) in [4.78, 5) is 21.7. The maximum atomic E-state index is 12.1. The minimum Gasteiger partial charge on any atom is -0.273 e. The van der Waals surface area contributed by atoms with Gasteiger partial charge < -0.3 is 0 Å². The number of carbonyl (C=O) groups is 2. The number of carbonyl (C=O) groups excluding carboxylic acids is 2. The number of nitrogens with zero attached hydrogens (tertiary/aromatic N) is 1. The molecule has 1 heterocycles. The number of amides is 2. The van der Waals surface area contributed by atoms with E-state index < -0.39 is 30.3 Å². The Labute approximate surface area is 71.7 Å². The first-order valence-corrected chi connectivity index (χ1v) is 3.49. The van der Waals surface area contributed by atoms with Crippen molar-refractivity contribution in [3.63, 3.8) is 0 Å². The van der Waals surface area contributed by atoms with Crippen molar-refractivity contribution < 1.29 is 22.8 Å². The van der Waals surface area contributed by atoms with E-state index in [1.54, 1.807) is 0 Å². The maximum absolute atomic E-state index is 12.1. The molecule has 0 aromatic rings. The van der Waals surface area contributed by atoms with Gasteiger partial charge in [0.05, 0.1) is 0 Å². The Morgan fingerprint density at radius 2 is 2.00 bits per heavy atom. The molecular weight excluding hydrogens is 189 g/mol. The lowest BCUT2D eigenvalue weighted by Crippen LogP contribution is -2.42. The van der Waals surface area contributed by atoms with E-state index >= 15 is 0 Å². The van der Waals surface area contributed by atoms with Crippen LogP contribution in [0.2, 0.25) is 0 Å². The molecule has 13 heavy (non-hydrogen) atoms. The van der Waals surface area contributed by atoms with Gasteiger partial charge in [0.1, 0.15) is 5.92 Å². The molecule has 1 rings (SSSR count). The number of alkyl halides is 3. The van der Waals surface area contributed by atoms with Crippen LogP contribution in [0.15, 0.2) is 0 Å². The van der Waals surface area contributed by atoms with Crippen LogP contribution in [0.4, 0.5) is 13.2 Å². The first-order valence-electron chi connectivity index (χ1n) is 3.49. The van der Waals surface area contributed by atoms with Crippen LogP contribution >= 0.6 is 0 Å². The molecule has 0 spiro atoms. The van der Waals surface area contributed by atoms with E-state index in [1.165, 1.54) is 7.05 Å². The summed E-state index contributed by atoms with van der Waals surface area (Å²) in [5, 5.41) is 0.387. The predicted molar refractivity (Wildman–Crippen MR) is 35.1 cm³/mol. The molecule has 1 N–H and O–H groups in total. The lowest BCUT2D eigenvalue weighted by atomic mass is 10.1. The van der Waals surface area contributed by atoms with Crippen molar-refractivity contribution in [2.24, 2.45) is 5.92 Å². The number of rotatable bonds is 1. The van der Waals surface area contributed by atoms with Crippen LogP contribution in [0.5, 0.6) is 0 Å². The number of hydrazine groups is 1. The van der Waals surface area contributed by atoms with Crippen molar-refractivity contribution in [2.75, 3.05) is 7.05 Å². The maximum Gasteiger partial charge on any atom is 0.401 e. The first kappa shape index (κ1) is 9.97. The highest BCUT2D eigenvalue weighted by Gasteiger charge is 2.53. The summed E-state index contributed by atoms with van der Waals surface area (Å²) < 4.78 is 36.2. The van der Waals surface area contributed by atoms with Crippen molar-refractivity contribution in [3.05, 3.63) is 0 Å². The van der Waals surface area contributed by atoms with Gasteiger partial charge in [0.25, 0.3) is 5.91 Å². The van der Waals surface area contributed by atoms with Gasteiger partial charge in [-0.1, -0.05) is 0 Å². The van der Waals surface area contributed by atoms with Crippen LogP contribution in [-0.4, -0.2) is 30.0 Å². The van der Waals surface area contributed by atoms with Crippen molar-refractivity contribution in [1.82, 2.24) is 10.4 Å². The minimum atomic E-state index is -4.64. The minimum absolute atomic E-state index is 0.387. The van der Waals surface area contributed by atoms with E-state index in [0.717, 1.165) is 0 Å². The molecule has 0 aliphatic carbocycles. The van der Waals surface area contributed by atoms with Gasteiger partial charge in [0, 0.05) is 13.5 Å². The average molecular weight is 196 g/mol. The summed E-state index contributed by atoms with van der Waals surface area (Å²) >= 11 is 0. The summed E-state index contributed by atoms with van der Waals surface area (Å²) in [6.45, 7) is 0. The summed E-state index contributed by atoms with van der Waals surface area (Å²) in [5.41, 5.74) is 2.10. The highest BCUT2D eigenvalue weighted by Crippen LogP contribution is 2.34. The molecule has 0 aromatic carbocycles. The Hall–Kier alpha value is -1.11. The molecule has 1 aliphatic rings. The first-order chi connectivity index (χ1) is 5.88. The lowest BCUT2D eigenvalue weighted by molar-refractivity contribution is -0.181. The zero-order valence-electron chi connectivity index (χ0n) is 6.68. The molecule has 0 radical (unpaired) electrons. The van der Waals surface area contributed by atoms with E-state index in [9.17, 15) is 22.8 Å². The Kier molecular flexibility index (Phi) is 2.29. The molecule has 74 valence electrons. The third-order valence-electron chi connectivity index (χ3n) is 1.77. The summed E-state index contributed by atoms with van der Waals surface area (Å²) in [6.07, 6.45) is -5.44. The number of hydrogen-bond acceptors (Lipinski definition) is 3. The quantitative estimate of drug-likeness (QED) is 0.603. The molecule has 1 atom stereocenters. The number of nitrogens with one attached hydrogen (secondary N) is 1. The van der Waals surface area contributed by atoms with Crippen LogP contribution in [0, 0.1) is 5.92 Å². The zero-order valence-corrected chi connectivity index (χ0v) is 6.68. The largest absolute Gasteiger partial charge is 0.401 e. The van der Waals surface area contributed by atoms with Crippen LogP contribution in [0.25, 0.3) is 0 Å². The van der Waals surface area contributed by atoms with Gasteiger partial charge >= 0.3 is 6.18 Å². The summed E-state index contributed by atoms with van der Waals surface area (Å²) in [5.74, 6) is -4.28. The van der Waals surface area contributed by atoms with Gasteiger partial charge in [-0.2, -0.15) is 13.2 Å². The molecule has 7 heteroatoms. The van der Waals surface area contributed by atoms with E-state index in [0.29, 0.717) is 5.01 Å². The molecule has 1 saturated heterocycles. The fourth-order valence-corrected chi connectivity index (χ4v) is 1.12. The topological polar surface area (TPSA) is 49.4 Å². The Bertz CT molecular complexity index is 251. The van der Waals surface area contributed by atoms with E-state index in [-0.39, 0.29) is 0 Å². The standard InChI is InChI=1S/C6H7F3N2O2/c1-10-11-4(12)2-3(5(11)13)6(7,8)9/h3,10H,2H2,1H3.